The Labute approximate surface area is 107 Å². The van der Waals surface area contributed by atoms with Crippen LogP contribution in [-0.2, 0) is 7.05 Å². The number of nitrogens with one attached hydrogen (secondary N) is 1. The lowest BCUT2D eigenvalue weighted by atomic mass is 10.1. The maximum Gasteiger partial charge on any atom is 0.254 e. The Kier molecular flexibility index (Phi) is 3.56. The number of hydrogen-bond donors (Lipinski definition) is 2. The number of anilines is 1. The summed E-state index contributed by atoms with van der Waals surface area (Å²) in [4.78, 5) is 13.9. The molecular formula is C12H21N5O. The lowest BCUT2D eigenvalue weighted by Gasteiger charge is -2.39. The Balaban J connectivity index is 2.42. The Morgan fingerprint density at radius 2 is 2.28 bits per heavy atom. The van der Waals surface area contributed by atoms with Crippen molar-refractivity contribution in [3.8, 4) is 0 Å². The second-order valence-electron chi connectivity index (χ2n) is 4.78. The number of rotatable bonds is 5. The van der Waals surface area contributed by atoms with Gasteiger partial charge < -0.3 is 16.0 Å². The second kappa shape index (κ2) is 4.97. The van der Waals surface area contributed by atoms with Crippen molar-refractivity contribution in [2.75, 3.05) is 24.5 Å². The summed E-state index contributed by atoms with van der Waals surface area (Å²) in [5.41, 5.74) is 6.74. The van der Waals surface area contributed by atoms with Gasteiger partial charge in [-0.3, -0.25) is 9.48 Å². The van der Waals surface area contributed by atoms with Crippen molar-refractivity contribution in [2.45, 2.75) is 26.3 Å². The van der Waals surface area contributed by atoms with Crippen LogP contribution in [0.15, 0.2) is 0 Å². The standard InChI is InChI=1S/C12H21N5O/c1-4-5-17(9-6-14-7-9)12-10(11(13)18)8(2)15-16(12)3/h9,14H,4-7H2,1-3H3,(H2,13,18). The van der Waals surface area contributed by atoms with E-state index in [1.54, 1.807) is 4.68 Å². The molecule has 18 heavy (non-hydrogen) atoms. The molecule has 6 heteroatoms. The van der Waals surface area contributed by atoms with Crippen LogP contribution in [0.4, 0.5) is 5.82 Å². The first-order valence-electron chi connectivity index (χ1n) is 6.37. The third kappa shape index (κ3) is 2.08. The van der Waals surface area contributed by atoms with Gasteiger partial charge in [-0.1, -0.05) is 6.92 Å². The van der Waals surface area contributed by atoms with E-state index in [0.29, 0.717) is 17.3 Å². The number of carbonyl (C=O) groups is 1. The molecular weight excluding hydrogens is 230 g/mol. The van der Waals surface area contributed by atoms with Crippen molar-refractivity contribution >= 4 is 11.7 Å². The van der Waals surface area contributed by atoms with Crippen LogP contribution in [0.2, 0.25) is 0 Å². The summed E-state index contributed by atoms with van der Waals surface area (Å²) in [7, 11) is 1.86. The number of amides is 1. The Morgan fingerprint density at radius 3 is 2.72 bits per heavy atom. The monoisotopic (exact) mass is 251 g/mol. The average Bonchev–Trinajstić information content (AvgIpc) is 2.50. The topological polar surface area (TPSA) is 76.2 Å². The van der Waals surface area contributed by atoms with Crippen LogP contribution in [-0.4, -0.2) is 41.4 Å². The van der Waals surface area contributed by atoms with E-state index in [9.17, 15) is 4.79 Å². The molecule has 1 fully saturated rings. The fourth-order valence-corrected chi connectivity index (χ4v) is 2.46. The molecule has 0 unspecified atom stereocenters. The molecule has 1 aromatic heterocycles. The van der Waals surface area contributed by atoms with E-state index >= 15 is 0 Å². The van der Waals surface area contributed by atoms with Crippen molar-refractivity contribution in [2.24, 2.45) is 12.8 Å². The van der Waals surface area contributed by atoms with Crippen molar-refractivity contribution in [3.63, 3.8) is 0 Å². The van der Waals surface area contributed by atoms with Crippen LogP contribution in [0.3, 0.4) is 0 Å². The minimum Gasteiger partial charge on any atom is -0.365 e. The number of nitrogens with zero attached hydrogens (tertiary/aromatic N) is 3. The highest BCUT2D eigenvalue weighted by atomic mass is 16.1. The van der Waals surface area contributed by atoms with Gasteiger partial charge in [0, 0.05) is 26.7 Å². The number of primary amides is 1. The molecule has 0 atom stereocenters. The molecule has 2 rings (SSSR count). The number of aromatic nitrogens is 2. The molecule has 6 nitrogen and oxygen atoms in total. The first-order chi connectivity index (χ1) is 8.56. The van der Waals surface area contributed by atoms with Gasteiger partial charge in [0.2, 0.25) is 0 Å². The largest absolute Gasteiger partial charge is 0.365 e. The van der Waals surface area contributed by atoms with Gasteiger partial charge in [0.15, 0.2) is 0 Å². The zero-order valence-electron chi connectivity index (χ0n) is 11.2. The number of aryl methyl sites for hydroxylation is 2. The maximum absolute atomic E-state index is 11.6. The lowest BCUT2D eigenvalue weighted by Crippen LogP contribution is -2.58. The normalized spacial score (nSPS) is 15.5. The Hall–Kier alpha value is -1.56. The van der Waals surface area contributed by atoms with E-state index in [1.165, 1.54) is 0 Å². The van der Waals surface area contributed by atoms with Crippen LogP contribution in [0.5, 0.6) is 0 Å². The maximum atomic E-state index is 11.6. The summed E-state index contributed by atoms with van der Waals surface area (Å²) in [5.74, 6) is 0.456. The fraction of sp³-hybridized carbons (Fsp3) is 0.667. The van der Waals surface area contributed by atoms with Crippen molar-refractivity contribution < 1.29 is 4.79 Å². The quantitative estimate of drug-likeness (QED) is 0.773. The van der Waals surface area contributed by atoms with Crippen molar-refractivity contribution in [1.29, 1.82) is 0 Å². The van der Waals surface area contributed by atoms with E-state index in [0.717, 1.165) is 31.9 Å². The highest BCUT2D eigenvalue weighted by Gasteiger charge is 2.30. The van der Waals surface area contributed by atoms with Gasteiger partial charge in [0.25, 0.3) is 5.91 Å². The molecule has 3 N–H and O–H groups in total. The molecule has 0 aliphatic carbocycles. The minimum absolute atomic E-state index is 0.399. The third-order valence-corrected chi connectivity index (χ3v) is 3.38. The summed E-state index contributed by atoms with van der Waals surface area (Å²) in [6.07, 6.45) is 1.03. The van der Waals surface area contributed by atoms with Crippen LogP contribution < -0.4 is 16.0 Å². The molecule has 1 aliphatic rings. The molecule has 100 valence electrons. The molecule has 0 bridgehead atoms. The summed E-state index contributed by atoms with van der Waals surface area (Å²) in [5, 5.41) is 7.59. The van der Waals surface area contributed by atoms with E-state index < -0.39 is 5.91 Å². The van der Waals surface area contributed by atoms with E-state index in [-0.39, 0.29) is 0 Å². The molecule has 0 spiro atoms. The van der Waals surface area contributed by atoms with Gasteiger partial charge in [-0.2, -0.15) is 5.10 Å². The number of nitrogens with two attached hydrogens (primary N) is 1. The summed E-state index contributed by atoms with van der Waals surface area (Å²) in [6.45, 7) is 6.76. The van der Waals surface area contributed by atoms with Crippen molar-refractivity contribution in [3.05, 3.63) is 11.3 Å². The van der Waals surface area contributed by atoms with Gasteiger partial charge in [-0.05, 0) is 13.3 Å². The zero-order valence-corrected chi connectivity index (χ0v) is 11.2. The van der Waals surface area contributed by atoms with Crippen LogP contribution in [0.1, 0.15) is 29.4 Å². The summed E-state index contributed by atoms with van der Waals surface area (Å²) >= 11 is 0. The van der Waals surface area contributed by atoms with Gasteiger partial charge >= 0.3 is 0 Å². The van der Waals surface area contributed by atoms with E-state index in [2.05, 4.69) is 22.2 Å². The zero-order chi connectivity index (χ0) is 13.3. The number of carbonyl (C=O) groups excluding carboxylic acids is 1. The van der Waals surface area contributed by atoms with E-state index in [1.807, 2.05) is 14.0 Å². The molecule has 1 saturated heterocycles. The van der Waals surface area contributed by atoms with E-state index in [4.69, 9.17) is 5.73 Å². The predicted octanol–water partition coefficient (Wildman–Crippen LogP) is 0.0156. The Bertz CT molecular complexity index is 450. The van der Waals surface area contributed by atoms with Gasteiger partial charge in [-0.25, -0.2) is 0 Å². The molecule has 0 radical (unpaired) electrons. The molecule has 1 aromatic rings. The van der Waals surface area contributed by atoms with Gasteiger partial charge in [-0.15, -0.1) is 0 Å². The SMILES string of the molecule is CCCN(c1c(C(N)=O)c(C)nn1C)C1CNC1. The van der Waals surface area contributed by atoms with Gasteiger partial charge in [0.1, 0.15) is 11.4 Å². The first kappa shape index (κ1) is 12.9. The molecule has 0 aromatic carbocycles. The fourth-order valence-electron chi connectivity index (χ4n) is 2.46. The lowest BCUT2D eigenvalue weighted by molar-refractivity contribution is 0.1000. The highest BCUT2D eigenvalue weighted by molar-refractivity contribution is 5.99. The smallest absolute Gasteiger partial charge is 0.254 e. The summed E-state index contributed by atoms with van der Waals surface area (Å²) in [6, 6.07) is 0.429. The predicted molar refractivity (Wildman–Crippen MR) is 70.8 cm³/mol. The first-order valence-corrected chi connectivity index (χ1v) is 6.37. The van der Waals surface area contributed by atoms with Crippen LogP contribution in [0.25, 0.3) is 0 Å². The van der Waals surface area contributed by atoms with Crippen molar-refractivity contribution in [1.82, 2.24) is 15.1 Å². The molecule has 1 aliphatic heterocycles. The molecule has 1 amide bonds. The third-order valence-electron chi connectivity index (χ3n) is 3.38. The highest BCUT2D eigenvalue weighted by Crippen LogP contribution is 2.26. The minimum atomic E-state index is -0.399. The van der Waals surface area contributed by atoms with Crippen LogP contribution in [0, 0.1) is 6.92 Å². The Morgan fingerprint density at radius 1 is 1.61 bits per heavy atom. The van der Waals surface area contributed by atoms with Crippen LogP contribution >= 0.6 is 0 Å². The van der Waals surface area contributed by atoms with Gasteiger partial charge in [0.05, 0.1) is 11.7 Å². The number of hydrogen-bond acceptors (Lipinski definition) is 4. The molecule has 2 heterocycles. The average molecular weight is 251 g/mol. The second-order valence-corrected chi connectivity index (χ2v) is 4.78. The molecule has 0 saturated carbocycles. The summed E-state index contributed by atoms with van der Waals surface area (Å²) < 4.78 is 1.77.